The lowest BCUT2D eigenvalue weighted by Crippen LogP contribution is -2.53. The number of epoxide rings is 1. The third-order valence-corrected chi connectivity index (χ3v) is 4.16. The molecule has 2 aliphatic rings. The van der Waals surface area contributed by atoms with E-state index < -0.39 is 36.1 Å². The topological polar surface area (TPSA) is 102 Å². The van der Waals surface area contributed by atoms with Crippen molar-refractivity contribution in [3.63, 3.8) is 0 Å². The van der Waals surface area contributed by atoms with Gasteiger partial charge in [-0.15, -0.1) is 0 Å². The van der Waals surface area contributed by atoms with Gasteiger partial charge in [-0.3, -0.25) is 14.4 Å². The van der Waals surface area contributed by atoms with E-state index in [1.54, 1.807) is 0 Å². The van der Waals surface area contributed by atoms with Crippen LogP contribution in [0.4, 0.5) is 0 Å². The van der Waals surface area contributed by atoms with Gasteiger partial charge in [-0.25, -0.2) is 0 Å². The second kappa shape index (κ2) is 5.85. The zero-order valence-corrected chi connectivity index (χ0v) is 13.0. The fraction of sp³-hybridized carbons (Fsp3) is 0.800. The molecule has 0 aliphatic carbocycles. The Hall–Kier alpha value is -1.27. The number of fused-ring (bicyclic) bond motifs is 1. The van der Waals surface area contributed by atoms with Crippen LogP contribution in [0, 0.1) is 17.8 Å². The summed E-state index contributed by atoms with van der Waals surface area (Å²) in [4.78, 5) is 37.1. The Morgan fingerprint density at radius 1 is 1.10 bits per heavy atom. The molecular weight excluding hydrogens is 272 g/mol. The van der Waals surface area contributed by atoms with Gasteiger partial charge in [0.05, 0.1) is 12.1 Å². The summed E-state index contributed by atoms with van der Waals surface area (Å²) in [6, 6.07) is -1.57. The molecule has 0 aromatic carbocycles. The van der Waals surface area contributed by atoms with Crippen molar-refractivity contribution >= 4 is 17.5 Å². The largest absolute Gasteiger partial charge is 0.353 e. The summed E-state index contributed by atoms with van der Waals surface area (Å²) >= 11 is 0. The number of nitrogens with two attached hydrogens (primary N) is 1. The molecule has 0 spiro atoms. The maximum atomic E-state index is 12.4. The van der Waals surface area contributed by atoms with E-state index in [0.717, 1.165) is 0 Å². The molecule has 6 nitrogen and oxygen atoms in total. The smallest absolute Gasteiger partial charge is 0.238 e. The van der Waals surface area contributed by atoms with E-state index in [9.17, 15) is 14.4 Å². The van der Waals surface area contributed by atoms with Crippen molar-refractivity contribution in [1.82, 2.24) is 5.32 Å². The van der Waals surface area contributed by atoms with Gasteiger partial charge in [-0.1, -0.05) is 27.7 Å². The van der Waals surface area contributed by atoms with Crippen molar-refractivity contribution < 1.29 is 19.1 Å². The molecule has 0 aromatic rings. The SMILES string of the molecule is CC(C)CC1NC(=O)[C@@H](N)[C@H](C(C)C)C(=O)[C@H]2O[C@@H]2C1=O. The van der Waals surface area contributed by atoms with Gasteiger partial charge in [0.2, 0.25) is 5.91 Å². The van der Waals surface area contributed by atoms with E-state index in [1.807, 2.05) is 27.7 Å². The number of amides is 1. The Morgan fingerprint density at radius 2 is 1.67 bits per heavy atom. The molecule has 2 saturated heterocycles. The zero-order valence-electron chi connectivity index (χ0n) is 13.0. The number of ketones is 2. The van der Waals surface area contributed by atoms with Crippen LogP contribution < -0.4 is 11.1 Å². The fourth-order valence-corrected chi connectivity index (χ4v) is 3.00. The van der Waals surface area contributed by atoms with Crippen LogP contribution in [0.5, 0.6) is 0 Å². The highest BCUT2D eigenvalue weighted by atomic mass is 16.6. The Labute approximate surface area is 124 Å². The molecule has 0 bridgehead atoms. The van der Waals surface area contributed by atoms with Crippen LogP contribution in [0.2, 0.25) is 0 Å². The van der Waals surface area contributed by atoms with Gasteiger partial charge < -0.3 is 15.8 Å². The van der Waals surface area contributed by atoms with Crippen molar-refractivity contribution in [1.29, 1.82) is 0 Å². The first-order chi connectivity index (χ1) is 9.73. The van der Waals surface area contributed by atoms with E-state index in [0.29, 0.717) is 6.42 Å². The van der Waals surface area contributed by atoms with Crippen LogP contribution in [0.15, 0.2) is 0 Å². The average Bonchev–Trinajstić information content (AvgIpc) is 3.14. The monoisotopic (exact) mass is 296 g/mol. The Morgan fingerprint density at radius 3 is 2.19 bits per heavy atom. The number of rotatable bonds is 3. The van der Waals surface area contributed by atoms with E-state index in [2.05, 4.69) is 5.32 Å². The van der Waals surface area contributed by atoms with Crippen LogP contribution in [0.1, 0.15) is 34.1 Å². The molecule has 6 heteroatoms. The summed E-state index contributed by atoms with van der Waals surface area (Å²) in [5, 5.41) is 2.71. The highest BCUT2D eigenvalue weighted by Gasteiger charge is 2.56. The van der Waals surface area contributed by atoms with Crippen molar-refractivity contribution in [2.45, 2.75) is 58.4 Å². The predicted molar refractivity (Wildman–Crippen MR) is 76.4 cm³/mol. The minimum Gasteiger partial charge on any atom is -0.353 e. The lowest BCUT2D eigenvalue weighted by Gasteiger charge is -2.26. The maximum Gasteiger partial charge on any atom is 0.238 e. The van der Waals surface area contributed by atoms with Gasteiger partial charge in [0.25, 0.3) is 0 Å². The normalized spacial score (nSPS) is 36.9. The Bertz CT molecular complexity index is 461. The van der Waals surface area contributed by atoms with Crippen LogP contribution in [0.3, 0.4) is 0 Å². The van der Waals surface area contributed by atoms with Crippen LogP contribution in [0.25, 0.3) is 0 Å². The summed E-state index contributed by atoms with van der Waals surface area (Å²) in [5.74, 6) is -1.33. The Balaban J connectivity index is 2.29. The summed E-state index contributed by atoms with van der Waals surface area (Å²) in [5.41, 5.74) is 5.97. The van der Waals surface area contributed by atoms with E-state index >= 15 is 0 Å². The number of hydrogen-bond donors (Lipinski definition) is 2. The van der Waals surface area contributed by atoms with E-state index in [4.69, 9.17) is 10.5 Å². The van der Waals surface area contributed by atoms with Gasteiger partial charge in [-0.2, -0.15) is 0 Å². The summed E-state index contributed by atoms with van der Waals surface area (Å²) < 4.78 is 5.29. The van der Waals surface area contributed by atoms with Crippen molar-refractivity contribution in [2.24, 2.45) is 23.5 Å². The molecule has 0 radical (unpaired) electrons. The fourth-order valence-electron chi connectivity index (χ4n) is 3.00. The van der Waals surface area contributed by atoms with Crippen LogP contribution >= 0.6 is 0 Å². The van der Waals surface area contributed by atoms with Crippen molar-refractivity contribution in [2.75, 3.05) is 0 Å². The average molecular weight is 296 g/mol. The molecule has 0 saturated carbocycles. The molecule has 118 valence electrons. The second-order valence-corrected chi connectivity index (χ2v) is 6.77. The molecule has 2 heterocycles. The molecule has 2 fully saturated rings. The Kier molecular flexibility index (Phi) is 4.49. The number of carbonyl (C=O) groups is 3. The molecular formula is C15H24N2O4. The molecule has 1 unspecified atom stereocenters. The zero-order chi connectivity index (χ0) is 15.9. The summed E-state index contributed by atoms with van der Waals surface area (Å²) in [6.45, 7) is 7.63. The number of carbonyl (C=O) groups excluding carboxylic acids is 3. The quantitative estimate of drug-likeness (QED) is 0.716. The number of nitrogens with one attached hydrogen (secondary N) is 1. The number of ether oxygens (including phenoxy) is 1. The predicted octanol–water partition coefficient (Wildman–Crippen LogP) is 0.0360. The van der Waals surface area contributed by atoms with Gasteiger partial charge >= 0.3 is 0 Å². The standard InChI is InChI=1S/C15H24N2O4/c1-6(2)5-8-11(18)13-14(21-13)12(19)9(7(3)4)10(16)15(20)17-8/h6-10,13-14H,5,16H2,1-4H3,(H,17,20)/t8?,9-,10-,13+,14+/m0/s1. The van der Waals surface area contributed by atoms with Gasteiger partial charge in [0, 0.05) is 5.92 Å². The van der Waals surface area contributed by atoms with Crippen molar-refractivity contribution in [3.05, 3.63) is 0 Å². The minimum absolute atomic E-state index is 0.0835. The lowest BCUT2D eigenvalue weighted by atomic mass is 9.83. The molecule has 2 rings (SSSR count). The van der Waals surface area contributed by atoms with Crippen LogP contribution in [-0.2, 0) is 19.1 Å². The highest BCUT2D eigenvalue weighted by Crippen LogP contribution is 2.33. The lowest BCUT2D eigenvalue weighted by molar-refractivity contribution is -0.133. The second-order valence-electron chi connectivity index (χ2n) is 6.77. The van der Waals surface area contributed by atoms with Gasteiger partial charge in [-0.05, 0) is 18.3 Å². The highest BCUT2D eigenvalue weighted by molar-refractivity contribution is 6.05. The summed E-state index contributed by atoms with van der Waals surface area (Å²) in [6.07, 6.45) is -0.920. The first-order valence-corrected chi connectivity index (χ1v) is 7.53. The molecule has 3 N–H and O–H groups in total. The van der Waals surface area contributed by atoms with Gasteiger partial charge in [0.15, 0.2) is 23.8 Å². The molecule has 5 atom stereocenters. The molecule has 0 aromatic heterocycles. The first-order valence-electron chi connectivity index (χ1n) is 7.53. The first kappa shape index (κ1) is 16.1. The maximum absolute atomic E-state index is 12.4. The summed E-state index contributed by atoms with van der Waals surface area (Å²) in [7, 11) is 0. The van der Waals surface area contributed by atoms with Crippen molar-refractivity contribution in [3.8, 4) is 0 Å². The molecule has 1 amide bonds. The number of hydrogen-bond acceptors (Lipinski definition) is 5. The minimum atomic E-state index is -0.942. The third-order valence-electron chi connectivity index (χ3n) is 4.16. The van der Waals surface area contributed by atoms with Crippen LogP contribution in [-0.4, -0.2) is 41.8 Å². The number of Topliss-reactive ketones (excluding diaryl/α,β-unsaturated/α-hetero) is 2. The van der Waals surface area contributed by atoms with E-state index in [1.165, 1.54) is 0 Å². The third kappa shape index (κ3) is 3.16. The van der Waals surface area contributed by atoms with E-state index in [-0.39, 0.29) is 23.4 Å². The van der Waals surface area contributed by atoms with Gasteiger partial charge in [0.1, 0.15) is 0 Å². The molecule has 2 aliphatic heterocycles. The molecule has 21 heavy (non-hydrogen) atoms.